The zero-order chi connectivity index (χ0) is 29.3. The fraction of sp³-hybridized carbons (Fsp3) is 0.467. The van der Waals surface area contributed by atoms with Gasteiger partial charge in [-0.1, -0.05) is 24.3 Å². The van der Waals surface area contributed by atoms with Crippen molar-refractivity contribution in [3.63, 3.8) is 0 Å². The van der Waals surface area contributed by atoms with Crippen molar-refractivity contribution in [3.05, 3.63) is 59.7 Å². The Labute approximate surface area is 235 Å². The van der Waals surface area contributed by atoms with Gasteiger partial charge in [-0.3, -0.25) is 14.4 Å². The number of amides is 3. The summed E-state index contributed by atoms with van der Waals surface area (Å²) in [6.07, 6.45) is 0.507. The van der Waals surface area contributed by atoms with Crippen LogP contribution in [-0.2, 0) is 36.7 Å². The number of carbonyl (C=O) groups is 4. The molecule has 1 aliphatic rings. The summed E-state index contributed by atoms with van der Waals surface area (Å²) in [5, 5.41) is 2.74. The Kier molecular flexibility index (Phi) is 10.5. The highest BCUT2D eigenvalue weighted by molar-refractivity contribution is 5.86. The van der Waals surface area contributed by atoms with E-state index in [1.807, 2.05) is 36.4 Å². The molecule has 0 bridgehead atoms. The van der Waals surface area contributed by atoms with Crippen LogP contribution in [-0.4, -0.2) is 78.6 Å². The lowest BCUT2D eigenvalue weighted by Crippen LogP contribution is -2.56. The fourth-order valence-corrected chi connectivity index (χ4v) is 4.25. The monoisotopic (exact) mass is 553 g/mol. The maximum absolute atomic E-state index is 13.4. The molecule has 2 aromatic carbocycles. The van der Waals surface area contributed by atoms with E-state index in [2.05, 4.69) is 10.1 Å². The zero-order valence-electron chi connectivity index (χ0n) is 23.9. The lowest BCUT2D eigenvalue weighted by atomic mass is 10.0. The Morgan fingerprint density at radius 2 is 1.38 bits per heavy atom. The molecule has 10 heteroatoms. The first-order valence-corrected chi connectivity index (χ1v) is 13.4. The molecule has 216 valence electrons. The van der Waals surface area contributed by atoms with Crippen LogP contribution in [0.4, 0.5) is 4.79 Å². The predicted octanol–water partition coefficient (Wildman–Crippen LogP) is 3.71. The molecule has 1 N–H and O–H groups in total. The molecule has 1 atom stereocenters. The maximum atomic E-state index is 13.4. The number of esters is 1. The number of carbonyl (C=O) groups excluding carboxylic acids is 4. The summed E-state index contributed by atoms with van der Waals surface area (Å²) in [7, 11) is 1.37. The number of alkyl carbamates (subject to hydrolysis) is 1. The van der Waals surface area contributed by atoms with Crippen molar-refractivity contribution in [1.29, 1.82) is 0 Å². The van der Waals surface area contributed by atoms with Gasteiger partial charge in [0.2, 0.25) is 11.8 Å². The molecule has 0 aromatic heterocycles. The molecule has 1 fully saturated rings. The summed E-state index contributed by atoms with van der Waals surface area (Å²) in [5.41, 5.74) is 1.13. The molecule has 1 saturated heterocycles. The van der Waals surface area contributed by atoms with Crippen LogP contribution in [0.5, 0.6) is 11.5 Å². The van der Waals surface area contributed by atoms with Crippen LogP contribution in [0, 0.1) is 0 Å². The van der Waals surface area contributed by atoms with E-state index in [-0.39, 0.29) is 24.2 Å². The molecule has 10 nitrogen and oxygen atoms in total. The first kappa shape index (κ1) is 30.5. The number of piperazine rings is 1. The second kappa shape index (κ2) is 13.8. The summed E-state index contributed by atoms with van der Waals surface area (Å²) in [6.45, 7) is 8.52. The molecule has 1 aliphatic heterocycles. The molecule has 2 aromatic rings. The van der Waals surface area contributed by atoms with E-state index in [1.54, 1.807) is 42.7 Å². The smallest absolute Gasteiger partial charge is 0.408 e. The van der Waals surface area contributed by atoms with Crippen LogP contribution in [0.15, 0.2) is 48.5 Å². The molecule has 0 radical (unpaired) electrons. The van der Waals surface area contributed by atoms with E-state index < -0.39 is 17.7 Å². The average molecular weight is 554 g/mol. The van der Waals surface area contributed by atoms with Crippen molar-refractivity contribution >= 4 is 23.9 Å². The van der Waals surface area contributed by atoms with Gasteiger partial charge < -0.3 is 29.3 Å². The first-order chi connectivity index (χ1) is 18.9. The third-order valence-electron chi connectivity index (χ3n) is 6.39. The number of ether oxygens (including phenoxy) is 3. The quantitative estimate of drug-likeness (QED) is 0.471. The average Bonchev–Trinajstić information content (AvgIpc) is 2.91. The van der Waals surface area contributed by atoms with Crippen LogP contribution in [0.2, 0.25) is 0 Å². The number of nitrogens with one attached hydrogen (secondary N) is 1. The van der Waals surface area contributed by atoms with E-state index >= 15 is 0 Å². The van der Waals surface area contributed by atoms with Crippen LogP contribution in [0.3, 0.4) is 0 Å². The third-order valence-corrected chi connectivity index (χ3v) is 6.39. The van der Waals surface area contributed by atoms with E-state index in [0.29, 0.717) is 50.5 Å². The summed E-state index contributed by atoms with van der Waals surface area (Å²) < 4.78 is 16.0. The van der Waals surface area contributed by atoms with Crippen molar-refractivity contribution in [2.24, 2.45) is 0 Å². The number of methoxy groups -OCH3 is 1. The van der Waals surface area contributed by atoms with E-state index in [1.165, 1.54) is 14.0 Å². The molecule has 1 heterocycles. The third kappa shape index (κ3) is 9.59. The van der Waals surface area contributed by atoms with Gasteiger partial charge in [0.05, 0.1) is 7.11 Å². The largest absolute Gasteiger partial charge is 0.469 e. The van der Waals surface area contributed by atoms with Gasteiger partial charge in [-0.25, -0.2) is 4.79 Å². The minimum atomic E-state index is -0.831. The standard InChI is InChI=1S/C30H39N3O7/c1-21(34)32-16-18-33(19-17-32)28(36)26(31-29(37)40-30(2,3)4)20-23-8-13-25(14-9-23)39-24-11-6-22(7-12-24)10-15-27(35)38-5/h6-9,11-14,26H,10,15-20H2,1-5H3,(H,31,37)/t26-/m0/s1. The van der Waals surface area contributed by atoms with Gasteiger partial charge in [-0.05, 0) is 62.6 Å². The van der Waals surface area contributed by atoms with Gasteiger partial charge in [0, 0.05) is 45.9 Å². The van der Waals surface area contributed by atoms with Gasteiger partial charge in [-0.2, -0.15) is 0 Å². The molecular weight excluding hydrogens is 514 g/mol. The lowest BCUT2D eigenvalue weighted by molar-refractivity contribution is -0.140. The number of hydrogen-bond acceptors (Lipinski definition) is 7. The molecule has 40 heavy (non-hydrogen) atoms. The molecule has 0 unspecified atom stereocenters. The van der Waals surface area contributed by atoms with Crippen LogP contribution < -0.4 is 10.1 Å². The summed E-state index contributed by atoms with van der Waals surface area (Å²) >= 11 is 0. The Balaban J connectivity index is 1.64. The summed E-state index contributed by atoms with van der Waals surface area (Å²) in [6, 6.07) is 14.0. The van der Waals surface area contributed by atoms with Crippen LogP contribution in [0.25, 0.3) is 0 Å². The van der Waals surface area contributed by atoms with Gasteiger partial charge in [0.25, 0.3) is 0 Å². The molecule has 3 rings (SSSR count). The highest BCUT2D eigenvalue weighted by atomic mass is 16.6. The molecule has 0 aliphatic carbocycles. The molecular formula is C30H39N3O7. The number of benzene rings is 2. The molecule has 0 spiro atoms. The minimum Gasteiger partial charge on any atom is -0.469 e. The van der Waals surface area contributed by atoms with E-state index in [9.17, 15) is 19.2 Å². The fourth-order valence-electron chi connectivity index (χ4n) is 4.25. The predicted molar refractivity (Wildman–Crippen MR) is 149 cm³/mol. The normalized spacial score (nSPS) is 14.2. The Hall–Kier alpha value is -4.08. The zero-order valence-corrected chi connectivity index (χ0v) is 23.9. The molecule has 3 amide bonds. The lowest BCUT2D eigenvalue weighted by Gasteiger charge is -2.36. The van der Waals surface area contributed by atoms with E-state index in [0.717, 1.165) is 11.1 Å². The Morgan fingerprint density at radius 1 is 0.850 bits per heavy atom. The minimum absolute atomic E-state index is 0.0210. The highest BCUT2D eigenvalue weighted by Gasteiger charge is 2.30. The second-order valence-electron chi connectivity index (χ2n) is 10.7. The molecule has 0 saturated carbocycles. The summed E-state index contributed by atoms with van der Waals surface area (Å²) in [4.78, 5) is 52.4. The SMILES string of the molecule is COC(=O)CCc1ccc(Oc2ccc(C[C@H](NC(=O)OC(C)(C)C)C(=O)N3CCN(C(C)=O)CC3)cc2)cc1. The number of aryl methyl sites for hydroxylation is 1. The first-order valence-electron chi connectivity index (χ1n) is 13.4. The van der Waals surface area contributed by atoms with Crippen molar-refractivity contribution in [2.45, 2.75) is 58.6 Å². The Morgan fingerprint density at radius 3 is 1.88 bits per heavy atom. The van der Waals surface area contributed by atoms with Crippen molar-refractivity contribution in [2.75, 3.05) is 33.3 Å². The Bertz CT molecular complexity index is 1170. The second-order valence-corrected chi connectivity index (χ2v) is 10.7. The van der Waals surface area contributed by atoms with Crippen molar-refractivity contribution in [1.82, 2.24) is 15.1 Å². The van der Waals surface area contributed by atoms with Gasteiger partial charge in [-0.15, -0.1) is 0 Å². The van der Waals surface area contributed by atoms with Gasteiger partial charge in [0.15, 0.2) is 0 Å². The summed E-state index contributed by atoms with van der Waals surface area (Å²) in [5.74, 6) is 0.781. The van der Waals surface area contributed by atoms with Gasteiger partial charge in [0.1, 0.15) is 23.1 Å². The van der Waals surface area contributed by atoms with Crippen molar-refractivity contribution in [3.8, 4) is 11.5 Å². The highest BCUT2D eigenvalue weighted by Crippen LogP contribution is 2.23. The van der Waals surface area contributed by atoms with Crippen molar-refractivity contribution < 1.29 is 33.4 Å². The van der Waals surface area contributed by atoms with Crippen LogP contribution >= 0.6 is 0 Å². The number of rotatable bonds is 9. The number of nitrogens with zero attached hydrogens (tertiary/aromatic N) is 2. The number of hydrogen-bond donors (Lipinski definition) is 1. The van der Waals surface area contributed by atoms with Gasteiger partial charge >= 0.3 is 12.1 Å². The van der Waals surface area contributed by atoms with Crippen LogP contribution in [0.1, 0.15) is 45.2 Å². The maximum Gasteiger partial charge on any atom is 0.408 e. The van der Waals surface area contributed by atoms with E-state index in [4.69, 9.17) is 9.47 Å². The topological polar surface area (TPSA) is 114 Å².